The van der Waals surface area contributed by atoms with Crippen LogP contribution < -0.4 is 0 Å². The fourth-order valence-electron chi connectivity index (χ4n) is 2.22. The molecular formula is C14H16N2OS. The minimum Gasteiger partial charge on any atom is -0.339 e. The van der Waals surface area contributed by atoms with Crippen molar-refractivity contribution in [2.75, 3.05) is 7.05 Å². The Hall–Kier alpha value is -1.42. The minimum atomic E-state index is 0.254. The van der Waals surface area contributed by atoms with Crippen molar-refractivity contribution in [2.45, 2.75) is 19.9 Å². The number of rotatable bonds is 3. The molecule has 1 saturated carbocycles. The van der Waals surface area contributed by atoms with E-state index in [-0.39, 0.29) is 11.8 Å². The molecule has 1 aliphatic rings. The maximum absolute atomic E-state index is 12.0. The van der Waals surface area contributed by atoms with Crippen LogP contribution in [-0.2, 0) is 11.3 Å². The predicted octanol–water partition coefficient (Wildman–Crippen LogP) is 2.91. The quantitative estimate of drug-likeness (QED) is 0.850. The van der Waals surface area contributed by atoms with Gasteiger partial charge in [-0.3, -0.25) is 4.79 Å². The van der Waals surface area contributed by atoms with Crippen LogP contribution in [0.1, 0.15) is 18.4 Å². The van der Waals surface area contributed by atoms with Crippen molar-refractivity contribution in [2.24, 2.45) is 11.8 Å². The van der Waals surface area contributed by atoms with Gasteiger partial charge in [0.15, 0.2) is 0 Å². The number of amides is 1. The molecule has 1 fully saturated rings. The zero-order chi connectivity index (χ0) is 12.7. The van der Waals surface area contributed by atoms with Crippen molar-refractivity contribution >= 4 is 27.5 Å². The lowest BCUT2D eigenvalue weighted by Gasteiger charge is -2.15. The van der Waals surface area contributed by atoms with E-state index in [0.29, 0.717) is 12.5 Å². The fourth-order valence-corrected chi connectivity index (χ4v) is 3.24. The highest BCUT2D eigenvalue weighted by molar-refractivity contribution is 7.18. The van der Waals surface area contributed by atoms with E-state index in [0.717, 1.165) is 16.9 Å². The summed E-state index contributed by atoms with van der Waals surface area (Å²) in [6.45, 7) is 2.76. The number of aromatic nitrogens is 1. The van der Waals surface area contributed by atoms with E-state index < -0.39 is 0 Å². The Morgan fingerprint density at radius 1 is 1.50 bits per heavy atom. The summed E-state index contributed by atoms with van der Waals surface area (Å²) in [6.07, 6.45) is 1.04. The number of para-hydroxylation sites is 1. The lowest BCUT2D eigenvalue weighted by atomic mass is 10.3. The highest BCUT2D eigenvalue weighted by atomic mass is 32.1. The Morgan fingerprint density at radius 3 is 2.89 bits per heavy atom. The first-order valence-electron chi connectivity index (χ1n) is 6.24. The van der Waals surface area contributed by atoms with E-state index in [4.69, 9.17) is 0 Å². The van der Waals surface area contributed by atoms with Gasteiger partial charge < -0.3 is 4.90 Å². The molecule has 0 radical (unpaired) electrons. The second-order valence-corrected chi connectivity index (χ2v) is 6.20. The van der Waals surface area contributed by atoms with E-state index >= 15 is 0 Å². The molecule has 1 heterocycles. The summed E-state index contributed by atoms with van der Waals surface area (Å²) in [6, 6.07) is 8.10. The standard InChI is InChI=1S/C14H16N2OS/c1-9-7-10(9)14(17)16(2)8-13-15-11-5-3-4-6-12(11)18-13/h3-6,9-10H,7-8H2,1-2H3. The second kappa shape index (κ2) is 4.35. The highest BCUT2D eigenvalue weighted by Crippen LogP contribution is 2.39. The Labute approximate surface area is 110 Å². The van der Waals surface area contributed by atoms with Gasteiger partial charge in [-0.05, 0) is 24.5 Å². The number of nitrogens with zero attached hydrogens (tertiary/aromatic N) is 2. The van der Waals surface area contributed by atoms with Crippen molar-refractivity contribution in [1.29, 1.82) is 0 Å². The zero-order valence-electron chi connectivity index (χ0n) is 10.6. The summed E-state index contributed by atoms with van der Waals surface area (Å²) in [5.41, 5.74) is 1.03. The van der Waals surface area contributed by atoms with Crippen LogP contribution in [-0.4, -0.2) is 22.8 Å². The van der Waals surface area contributed by atoms with E-state index in [2.05, 4.69) is 18.0 Å². The number of fused-ring (bicyclic) bond motifs is 1. The van der Waals surface area contributed by atoms with Gasteiger partial charge in [0.1, 0.15) is 5.01 Å². The maximum atomic E-state index is 12.0. The van der Waals surface area contributed by atoms with Crippen molar-refractivity contribution in [3.8, 4) is 0 Å². The number of thiazole rings is 1. The minimum absolute atomic E-state index is 0.254. The first-order chi connectivity index (χ1) is 8.65. The molecule has 3 nitrogen and oxygen atoms in total. The van der Waals surface area contributed by atoms with Gasteiger partial charge in [-0.1, -0.05) is 19.1 Å². The zero-order valence-corrected chi connectivity index (χ0v) is 11.4. The van der Waals surface area contributed by atoms with Crippen LogP contribution in [0.25, 0.3) is 10.2 Å². The normalized spacial score (nSPS) is 22.1. The summed E-state index contributed by atoms with van der Waals surface area (Å²) in [7, 11) is 1.87. The third kappa shape index (κ3) is 2.12. The van der Waals surface area contributed by atoms with Gasteiger partial charge in [0.05, 0.1) is 16.8 Å². The topological polar surface area (TPSA) is 33.2 Å². The van der Waals surface area contributed by atoms with Crippen molar-refractivity contribution in [3.05, 3.63) is 29.3 Å². The third-order valence-corrected chi connectivity index (χ3v) is 4.53. The highest BCUT2D eigenvalue weighted by Gasteiger charge is 2.40. The Morgan fingerprint density at radius 2 is 2.22 bits per heavy atom. The number of carbonyl (C=O) groups is 1. The van der Waals surface area contributed by atoms with Crippen LogP contribution in [0.3, 0.4) is 0 Å². The molecule has 2 atom stereocenters. The Kier molecular flexibility index (Phi) is 2.82. The first kappa shape index (κ1) is 11.7. The average molecular weight is 260 g/mol. The molecule has 0 spiro atoms. The monoisotopic (exact) mass is 260 g/mol. The largest absolute Gasteiger partial charge is 0.339 e. The summed E-state index contributed by atoms with van der Waals surface area (Å²) < 4.78 is 1.19. The summed E-state index contributed by atoms with van der Waals surface area (Å²) in [5, 5.41) is 1.01. The summed E-state index contributed by atoms with van der Waals surface area (Å²) >= 11 is 1.67. The second-order valence-electron chi connectivity index (χ2n) is 5.09. The van der Waals surface area contributed by atoms with E-state index in [1.54, 1.807) is 11.3 Å². The number of carbonyl (C=O) groups excluding carboxylic acids is 1. The Bertz CT molecular complexity index is 559. The van der Waals surface area contributed by atoms with Gasteiger partial charge in [0.25, 0.3) is 0 Å². The van der Waals surface area contributed by atoms with Crippen molar-refractivity contribution in [3.63, 3.8) is 0 Å². The van der Waals surface area contributed by atoms with Crippen LogP contribution >= 0.6 is 11.3 Å². The molecule has 0 bridgehead atoms. The molecule has 1 aromatic heterocycles. The molecule has 2 unspecified atom stereocenters. The summed E-state index contributed by atoms with van der Waals surface area (Å²) in [4.78, 5) is 18.4. The third-order valence-electron chi connectivity index (χ3n) is 3.51. The molecule has 18 heavy (non-hydrogen) atoms. The number of hydrogen-bond acceptors (Lipinski definition) is 3. The first-order valence-corrected chi connectivity index (χ1v) is 7.06. The SMILES string of the molecule is CC1CC1C(=O)N(C)Cc1nc2ccccc2s1. The molecule has 1 aromatic carbocycles. The lowest BCUT2D eigenvalue weighted by Crippen LogP contribution is -2.27. The number of hydrogen-bond donors (Lipinski definition) is 0. The van der Waals surface area contributed by atoms with Gasteiger partial charge in [0.2, 0.25) is 5.91 Å². The van der Waals surface area contributed by atoms with Crippen LogP contribution in [0.2, 0.25) is 0 Å². The number of benzene rings is 1. The van der Waals surface area contributed by atoms with Crippen molar-refractivity contribution < 1.29 is 4.79 Å². The van der Waals surface area contributed by atoms with E-state index in [1.165, 1.54) is 4.70 Å². The molecule has 1 amide bonds. The van der Waals surface area contributed by atoms with Crippen LogP contribution in [0.4, 0.5) is 0 Å². The molecule has 0 aliphatic heterocycles. The van der Waals surface area contributed by atoms with Gasteiger partial charge >= 0.3 is 0 Å². The smallest absolute Gasteiger partial charge is 0.226 e. The van der Waals surface area contributed by atoms with Gasteiger partial charge in [-0.25, -0.2) is 4.98 Å². The van der Waals surface area contributed by atoms with E-state index in [9.17, 15) is 4.79 Å². The molecule has 0 N–H and O–H groups in total. The fraction of sp³-hybridized carbons (Fsp3) is 0.429. The molecule has 3 rings (SSSR count). The Balaban J connectivity index is 1.73. The van der Waals surface area contributed by atoms with E-state index in [1.807, 2.05) is 30.1 Å². The van der Waals surface area contributed by atoms with Crippen LogP contribution in [0.5, 0.6) is 0 Å². The van der Waals surface area contributed by atoms with Crippen LogP contribution in [0, 0.1) is 11.8 Å². The van der Waals surface area contributed by atoms with Crippen molar-refractivity contribution in [1.82, 2.24) is 9.88 Å². The molecule has 0 saturated heterocycles. The summed E-state index contributed by atoms with van der Waals surface area (Å²) in [5.74, 6) is 1.08. The molecule has 4 heteroatoms. The molecule has 1 aliphatic carbocycles. The maximum Gasteiger partial charge on any atom is 0.226 e. The predicted molar refractivity (Wildman–Crippen MR) is 73.4 cm³/mol. The molecule has 2 aromatic rings. The average Bonchev–Trinajstić information content (AvgIpc) is 2.94. The molecular weight excluding hydrogens is 244 g/mol. The van der Waals surface area contributed by atoms with Crippen LogP contribution in [0.15, 0.2) is 24.3 Å². The lowest BCUT2D eigenvalue weighted by molar-refractivity contribution is -0.132. The van der Waals surface area contributed by atoms with Gasteiger partial charge in [-0.15, -0.1) is 11.3 Å². The van der Waals surface area contributed by atoms with Gasteiger partial charge in [0, 0.05) is 13.0 Å². The van der Waals surface area contributed by atoms with Gasteiger partial charge in [-0.2, -0.15) is 0 Å². The molecule has 94 valence electrons.